The number of hydrogen-bond acceptors (Lipinski definition) is 4. The number of rotatable bonds is 6. The van der Waals surface area contributed by atoms with Crippen LogP contribution >= 0.6 is 0 Å². The average Bonchev–Trinajstić information content (AvgIpc) is 2.69. The Morgan fingerprint density at radius 3 is 2.56 bits per heavy atom. The maximum Gasteiger partial charge on any atom is 0.274 e. The van der Waals surface area contributed by atoms with Crippen LogP contribution in [0.25, 0.3) is 0 Å². The fourth-order valence-electron chi connectivity index (χ4n) is 2.50. The van der Waals surface area contributed by atoms with Crippen molar-refractivity contribution in [1.29, 1.82) is 0 Å². The Bertz CT molecular complexity index is 917. The molecule has 0 unspecified atom stereocenters. The van der Waals surface area contributed by atoms with Gasteiger partial charge in [-0.2, -0.15) is 0 Å². The fourth-order valence-corrected chi connectivity index (χ4v) is 2.50. The van der Waals surface area contributed by atoms with E-state index < -0.39 is 17.5 Å². The zero-order valence-electron chi connectivity index (χ0n) is 14.7. The third-order valence-corrected chi connectivity index (χ3v) is 4.09. The molecule has 138 valence electrons. The number of benzene rings is 1. The van der Waals surface area contributed by atoms with Crippen LogP contribution in [0.4, 0.5) is 20.2 Å². The second kappa shape index (κ2) is 8.35. The van der Waals surface area contributed by atoms with Crippen LogP contribution in [0.1, 0.15) is 16.1 Å². The molecule has 0 aliphatic heterocycles. The number of pyridine rings is 2. The quantitative estimate of drug-likeness (QED) is 0.721. The van der Waals surface area contributed by atoms with E-state index in [1.165, 1.54) is 11.6 Å². The number of nitrogens with one attached hydrogen (secondary N) is 1. The van der Waals surface area contributed by atoms with E-state index in [0.717, 1.165) is 24.7 Å². The molecule has 0 radical (unpaired) electrons. The summed E-state index contributed by atoms with van der Waals surface area (Å²) in [7, 11) is 1.94. The van der Waals surface area contributed by atoms with Gasteiger partial charge in [-0.3, -0.25) is 9.78 Å². The van der Waals surface area contributed by atoms with Crippen molar-refractivity contribution < 1.29 is 13.6 Å². The highest BCUT2D eigenvalue weighted by Gasteiger charge is 2.12. The van der Waals surface area contributed by atoms with Crippen LogP contribution in [0.2, 0.25) is 0 Å². The van der Waals surface area contributed by atoms with Crippen LogP contribution in [0.3, 0.4) is 0 Å². The lowest BCUT2D eigenvalue weighted by atomic mass is 10.2. The molecule has 2 heterocycles. The largest absolute Gasteiger partial charge is 0.373 e. The smallest absolute Gasteiger partial charge is 0.274 e. The summed E-state index contributed by atoms with van der Waals surface area (Å²) in [5.41, 5.74) is 2.09. The van der Waals surface area contributed by atoms with Crippen molar-refractivity contribution in [2.24, 2.45) is 0 Å². The molecular formula is C20H18F2N4O. The predicted molar refractivity (Wildman–Crippen MR) is 99.8 cm³/mol. The highest BCUT2D eigenvalue weighted by Crippen LogP contribution is 2.17. The molecule has 3 aromatic rings. The minimum atomic E-state index is -0.837. The zero-order valence-corrected chi connectivity index (χ0v) is 14.7. The molecule has 0 atom stereocenters. The van der Waals surface area contributed by atoms with E-state index >= 15 is 0 Å². The van der Waals surface area contributed by atoms with Crippen molar-refractivity contribution in [1.82, 2.24) is 9.97 Å². The number of nitrogens with zero attached hydrogens (tertiary/aromatic N) is 3. The highest BCUT2D eigenvalue weighted by molar-refractivity contribution is 6.03. The molecule has 0 aliphatic carbocycles. The number of amides is 1. The van der Waals surface area contributed by atoms with Gasteiger partial charge in [0, 0.05) is 32.1 Å². The van der Waals surface area contributed by atoms with Gasteiger partial charge in [0.05, 0.1) is 17.6 Å². The van der Waals surface area contributed by atoms with Crippen molar-refractivity contribution in [3.8, 4) is 0 Å². The summed E-state index contributed by atoms with van der Waals surface area (Å²) in [6.07, 6.45) is 5.95. The van der Waals surface area contributed by atoms with Gasteiger partial charge in [-0.25, -0.2) is 13.8 Å². The van der Waals surface area contributed by atoms with Gasteiger partial charge in [0.2, 0.25) is 0 Å². The molecule has 27 heavy (non-hydrogen) atoms. The molecule has 0 bridgehead atoms. The minimum Gasteiger partial charge on any atom is -0.373 e. The van der Waals surface area contributed by atoms with Crippen LogP contribution in [0, 0.1) is 11.6 Å². The predicted octanol–water partition coefficient (Wildman–Crippen LogP) is 3.69. The van der Waals surface area contributed by atoms with Crippen molar-refractivity contribution in [2.75, 3.05) is 23.8 Å². The second-order valence-corrected chi connectivity index (χ2v) is 6.01. The zero-order chi connectivity index (χ0) is 19.2. The lowest BCUT2D eigenvalue weighted by molar-refractivity contribution is 0.102. The Kier molecular flexibility index (Phi) is 5.71. The number of anilines is 2. The summed E-state index contributed by atoms with van der Waals surface area (Å²) in [5, 5.41) is 2.39. The maximum atomic E-state index is 13.6. The molecule has 0 saturated carbocycles. The normalized spacial score (nSPS) is 10.5. The molecule has 0 spiro atoms. The summed E-state index contributed by atoms with van der Waals surface area (Å²) in [6, 6.07) is 10.2. The maximum absolute atomic E-state index is 13.6. The Morgan fingerprint density at radius 2 is 1.89 bits per heavy atom. The molecule has 7 heteroatoms. The molecule has 2 aromatic heterocycles. The molecule has 0 aliphatic rings. The van der Waals surface area contributed by atoms with Gasteiger partial charge in [0.25, 0.3) is 5.91 Å². The van der Waals surface area contributed by atoms with Gasteiger partial charge in [0.15, 0.2) is 0 Å². The fraction of sp³-hybridized carbons (Fsp3) is 0.150. The van der Waals surface area contributed by atoms with Gasteiger partial charge in [-0.05, 0) is 48.4 Å². The number of halogens is 2. The number of aromatic nitrogens is 2. The van der Waals surface area contributed by atoms with Gasteiger partial charge < -0.3 is 10.2 Å². The van der Waals surface area contributed by atoms with Gasteiger partial charge in [0.1, 0.15) is 17.3 Å². The molecular weight excluding hydrogens is 350 g/mol. The summed E-state index contributed by atoms with van der Waals surface area (Å²) < 4.78 is 26.6. The monoisotopic (exact) mass is 368 g/mol. The number of hydrogen-bond donors (Lipinski definition) is 1. The molecule has 0 fully saturated rings. The van der Waals surface area contributed by atoms with E-state index in [-0.39, 0.29) is 11.4 Å². The third-order valence-electron chi connectivity index (χ3n) is 4.09. The second-order valence-electron chi connectivity index (χ2n) is 6.01. The summed E-state index contributed by atoms with van der Waals surface area (Å²) >= 11 is 0. The lowest BCUT2D eigenvalue weighted by Crippen LogP contribution is -2.21. The number of likely N-dealkylation sites (N-methyl/N-ethyl adjacent to an activating group) is 1. The topological polar surface area (TPSA) is 58.1 Å². The van der Waals surface area contributed by atoms with Crippen LogP contribution in [0.5, 0.6) is 0 Å². The van der Waals surface area contributed by atoms with Crippen molar-refractivity contribution in [3.63, 3.8) is 0 Å². The van der Waals surface area contributed by atoms with Crippen LogP contribution in [-0.4, -0.2) is 29.5 Å². The first kappa shape index (κ1) is 18.4. The van der Waals surface area contributed by atoms with Crippen molar-refractivity contribution >= 4 is 17.3 Å². The summed E-state index contributed by atoms with van der Waals surface area (Å²) in [4.78, 5) is 22.3. The Hall–Kier alpha value is -3.35. The minimum absolute atomic E-state index is 0.0956. The first-order valence-corrected chi connectivity index (χ1v) is 8.35. The molecule has 0 saturated heterocycles. The van der Waals surface area contributed by atoms with E-state index in [1.54, 1.807) is 30.7 Å². The van der Waals surface area contributed by atoms with Crippen molar-refractivity contribution in [3.05, 3.63) is 83.9 Å². The van der Waals surface area contributed by atoms with Gasteiger partial charge in [-0.15, -0.1) is 0 Å². The Labute approximate surface area is 155 Å². The number of carbonyl (C=O) groups is 1. The van der Waals surface area contributed by atoms with Crippen LogP contribution < -0.4 is 10.2 Å². The van der Waals surface area contributed by atoms with E-state index in [9.17, 15) is 13.6 Å². The summed E-state index contributed by atoms with van der Waals surface area (Å²) in [6.45, 7) is 0.776. The summed E-state index contributed by atoms with van der Waals surface area (Å²) in [5.74, 6) is -2.11. The molecule has 5 nitrogen and oxygen atoms in total. The lowest BCUT2D eigenvalue weighted by Gasteiger charge is -2.19. The van der Waals surface area contributed by atoms with Crippen LogP contribution in [0.15, 0.2) is 61.1 Å². The van der Waals surface area contributed by atoms with E-state index in [0.29, 0.717) is 6.07 Å². The number of carbonyl (C=O) groups excluding carboxylic acids is 1. The SMILES string of the molecule is CN(CCc1ccncc1)c1ccc(C(=O)Nc2ccc(F)cc2F)nc1. The Morgan fingerprint density at radius 1 is 1.11 bits per heavy atom. The van der Waals surface area contributed by atoms with E-state index in [4.69, 9.17) is 0 Å². The Balaban J connectivity index is 1.61. The third kappa shape index (κ3) is 4.84. The van der Waals surface area contributed by atoms with Gasteiger partial charge >= 0.3 is 0 Å². The van der Waals surface area contributed by atoms with E-state index in [2.05, 4.69) is 15.3 Å². The molecule has 1 amide bonds. The first-order chi connectivity index (χ1) is 13.0. The molecule has 3 rings (SSSR count). The standard InChI is InChI=1S/C20H18F2N4O/c1-26(11-8-14-6-9-23-10-7-14)16-3-5-19(24-13-16)20(27)25-18-4-2-15(21)12-17(18)22/h2-7,9-10,12-13H,8,11H2,1H3,(H,25,27). The van der Waals surface area contributed by atoms with Crippen molar-refractivity contribution in [2.45, 2.75) is 6.42 Å². The van der Waals surface area contributed by atoms with Gasteiger partial charge in [-0.1, -0.05) is 0 Å². The highest BCUT2D eigenvalue weighted by atomic mass is 19.1. The molecule has 1 N–H and O–H groups in total. The molecule has 1 aromatic carbocycles. The average molecular weight is 368 g/mol. The first-order valence-electron chi connectivity index (χ1n) is 8.35. The van der Waals surface area contributed by atoms with Crippen LogP contribution in [-0.2, 0) is 6.42 Å². The van der Waals surface area contributed by atoms with E-state index in [1.807, 2.05) is 24.1 Å².